The van der Waals surface area contributed by atoms with Crippen LogP contribution in [0.25, 0.3) is 0 Å². The number of hydrogen-bond donors (Lipinski definition) is 4. The number of hydrogen-bond acceptors (Lipinski definition) is 5. The van der Waals surface area contributed by atoms with Crippen LogP contribution in [0.15, 0.2) is 26.2 Å². The fourth-order valence-corrected chi connectivity index (χ4v) is 2.00. The number of aliphatic imine (C=N–C) groups is 2. The molecular weight excluding hydrogens is 308 g/mol. The Morgan fingerprint density at radius 3 is 2.73 bits per heavy atom. The zero-order chi connectivity index (χ0) is 16.8. The standard InChI is InChI=1S/C11H22N8O2S/c1-14-9(7-22-8-17-10(12)13)5-3-4-6-16-11(15-2)18-19(20)21/h7H,1,3-6,8H2,2H3,(H4,12,13,17)(H2,15,16,18)/b9-7-. The maximum absolute atomic E-state index is 10.2. The molecule has 0 fully saturated rings. The highest BCUT2D eigenvalue weighted by Gasteiger charge is 2.01. The molecule has 0 heterocycles. The molecule has 0 amide bonds. The molecule has 0 saturated heterocycles. The summed E-state index contributed by atoms with van der Waals surface area (Å²) in [7, 11) is 1.56. The van der Waals surface area contributed by atoms with Crippen molar-refractivity contribution in [3.63, 3.8) is 0 Å². The fourth-order valence-electron chi connectivity index (χ4n) is 1.31. The van der Waals surface area contributed by atoms with Crippen LogP contribution in [0.1, 0.15) is 19.3 Å². The molecule has 0 unspecified atom stereocenters. The van der Waals surface area contributed by atoms with E-state index in [2.05, 4.69) is 32.4 Å². The van der Waals surface area contributed by atoms with Crippen LogP contribution in [0.5, 0.6) is 0 Å². The molecule has 11 heteroatoms. The number of guanidine groups is 2. The number of nitrogens with one attached hydrogen (secondary N) is 2. The highest BCUT2D eigenvalue weighted by atomic mass is 32.2. The Morgan fingerprint density at radius 2 is 2.18 bits per heavy atom. The molecule has 10 nitrogen and oxygen atoms in total. The van der Waals surface area contributed by atoms with E-state index in [1.54, 1.807) is 7.05 Å². The van der Waals surface area contributed by atoms with Crippen molar-refractivity contribution in [2.75, 3.05) is 19.5 Å². The normalized spacial score (nSPS) is 11.7. The van der Waals surface area contributed by atoms with Gasteiger partial charge in [0.25, 0.3) is 5.96 Å². The van der Waals surface area contributed by atoms with Gasteiger partial charge < -0.3 is 22.1 Å². The number of allylic oxidation sites excluding steroid dienone is 1. The van der Waals surface area contributed by atoms with Gasteiger partial charge in [0.15, 0.2) is 11.0 Å². The third-order valence-electron chi connectivity index (χ3n) is 2.31. The van der Waals surface area contributed by atoms with E-state index >= 15 is 0 Å². The van der Waals surface area contributed by atoms with Gasteiger partial charge in [0.2, 0.25) is 0 Å². The van der Waals surface area contributed by atoms with Gasteiger partial charge in [-0.15, -0.1) is 11.8 Å². The summed E-state index contributed by atoms with van der Waals surface area (Å²) >= 11 is 1.43. The molecule has 22 heavy (non-hydrogen) atoms. The molecule has 124 valence electrons. The van der Waals surface area contributed by atoms with Crippen molar-refractivity contribution < 1.29 is 5.03 Å². The first-order valence-corrected chi connectivity index (χ1v) is 7.51. The maximum atomic E-state index is 10.2. The van der Waals surface area contributed by atoms with Gasteiger partial charge in [-0.1, -0.05) is 0 Å². The highest BCUT2D eigenvalue weighted by molar-refractivity contribution is 8.02. The van der Waals surface area contributed by atoms with Crippen molar-refractivity contribution in [1.29, 1.82) is 0 Å². The van der Waals surface area contributed by atoms with Gasteiger partial charge in [-0.05, 0) is 31.4 Å². The zero-order valence-electron chi connectivity index (χ0n) is 12.5. The summed E-state index contributed by atoms with van der Waals surface area (Å²) in [6.45, 7) is 4.08. The molecule has 6 N–H and O–H groups in total. The van der Waals surface area contributed by atoms with Crippen LogP contribution in [-0.4, -0.2) is 43.1 Å². The summed E-state index contributed by atoms with van der Waals surface area (Å²) in [6.07, 6.45) is 2.42. The minimum atomic E-state index is -0.755. The van der Waals surface area contributed by atoms with Crippen LogP contribution < -0.4 is 22.1 Å². The van der Waals surface area contributed by atoms with Crippen LogP contribution in [0.4, 0.5) is 0 Å². The Morgan fingerprint density at radius 1 is 1.45 bits per heavy atom. The monoisotopic (exact) mass is 330 g/mol. The molecular formula is C11H22N8O2S. The summed E-state index contributed by atoms with van der Waals surface area (Å²) in [4.78, 5) is 18.0. The van der Waals surface area contributed by atoms with Gasteiger partial charge in [-0.25, -0.2) is 15.1 Å². The Balaban J connectivity index is 3.96. The van der Waals surface area contributed by atoms with E-state index in [0.29, 0.717) is 12.4 Å². The Kier molecular flexibility index (Phi) is 11.1. The number of nitrogens with zero attached hydrogens (tertiary/aromatic N) is 4. The van der Waals surface area contributed by atoms with Gasteiger partial charge in [0.05, 0.1) is 5.88 Å². The first kappa shape index (κ1) is 19.7. The number of rotatable bonds is 10. The molecule has 0 saturated carbocycles. The van der Waals surface area contributed by atoms with E-state index < -0.39 is 5.03 Å². The number of unbranched alkanes of at least 4 members (excludes halogenated alkanes) is 1. The molecule has 0 aromatic carbocycles. The first-order chi connectivity index (χ1) is 10.5. The summed E-state index contributed by atoms with van der Waals surface area (Å²) in [5, 5.41) is 19.9. The van der Waals surface area contributed by atoms with Crippen LogP contribution in [0.3, 0.4) is 0 Å². The summed E-state index contributed by atoms with van der Waals surface area (Å²) in [6, 6.07) is 0. The minimum absolute atomic E-state index is 0.0526. The predicted molar refractivity (Wildman–Crippen MR) is 91.2 cm³/mol. The largest absolute Gasteiger partial charge is 0.370 e. The van der Waals surface area contributed by atoms with Crippen molar-refractivity contribution in [3.05, 3.63) is 21.2 Å². The van der Waals surface area contributed by atoms with E-state index in [-0.39, 0.29) is 11.9 Å². The first-order valence-electron chi connectivity index (χ1n) is 6.47. The molecule has 0 rings (SSSR count). The molecule has 0 aromatic rings. The second-order valence-electron chi connectivity index (χ2n) is 3.97. The zero-order valence-corrected chi connectivity index (χ0v) is 13.3. The number of thioether (sulfide) groups is 1. The second kappa shape index (κ2) is 12.4. The van der Waals surface area contributed by atoms with Gasteiger partial charge in [0, 0.05) is 19.3 Å². The van der Waals surface area contributed by atoms with Crippen LogP contribution in [-0.2, 0) is 0 Å². The molecule has 0 atom stereocenters. The van der Waals surface area contributed by atoms with Gasteiger partial charge in [-0.3, -0.25) is 4.99 Å². The second-order valence-corrected chi connectivity index (χ2v) is 4.79. The third-order valence-corrected chi connectivity index (χ3v) is 3.03. The molecule has 0 aromatic heterocycles. The SMILES string of the molecule is C=N/C(=C\SCN=C(N)N)CCCCN/C(=N/[N+](=O)[O-])NC. The lowest BCUT2D eigenvalue weighted by molar-refractivity contribution is -0.485. The van der Waals surface area contributed by atoms with Crippen molar-refractivity contribution in [1.82, 2.24) is 10.6 Å². The maximum Gasteiger partial charge on any atom is 0.268 e. The van der Waals surface area contributed by atoms with E-state index in [1.807, 2.05) is 5.41 Å². The summed E-state index contributed by atoms with van der Waals surface area (Å²) in [5.41, 5.74) is 11.3. The van der Waals surface area contributed by atoms with E-state index in [1.165, 1.54) is 11.8 Å². The number of nitro groups is 1. The molecule has 0 aliphatic heterocycles. The highest BCUT2D eigenvalue weighted by Crippen LogP contribution is 2.14. The van der Waals surface area contributed by atoms with E-state index in [4.69, 9.17) is 11.5 Å². The predicted octanol–water partition coefficient (Wildman–Crippen LogP) is 0.0195. The lowest BCUT2D eigenvalue weighted by Crippen LogP contribution is -2.36. The smallest absolute Gasteiger partial charge is 0.268 e. The Labute approximate surface area is 133 Å². The molecule has 0 bridgehead atoms. The Hall–Kier alpha value is -2.30. The molecule has 0 aliphatic carbocycles. The van der Waals surface area contributed by atoms with E-state index in [9.17, 15) is 10.1 Å². The molecule has 0 spiro atoms. The minimum Gasteiger partial charge on any atom is -0.370 e. The fraction of sp³-hybridized carbons (Fsp3) is 0.545. The topological polar surface area (TPSA) is 156 Å². The molecule has 0 radical (unpaired) electrons. The van der Waals surface area contributed by atoms with Crippen molar-refractivity contribution >= 4 is 30.4 Å². The van der Waals surface area contributed by atoms with E-state index in [0.717, 1.165) is 25.0 Å². The Bertz CT molecular complexity index is 445. The number of hydrazone groups is 1. The van der Waals surface area contributed by atoms with Gasteiger partial charge >= 0.3 is 0 Å². The van der Waals surface area contributed by atoms with Crippen LogP contribution in [0.2, 0.25) is 0 Å². The third kappa shape index (κ3) is 11.5. The quantitative estimate of drug-likeness (QED) is 0.144. The average molecular weight is 330 g/mol. The lowest BCUT2D eigenvalue weighted by Gasteiger charge is -2.06. The van der Waals surface area contributed by atoms with Crippen molar-refractivity contribution in [3.8, 4) is 0 Å². The summed E-state index contributed by atoms with van der Waals surface area (Å²) < 4.78 is 0. The van der Waals surface area contributed by atoms with Crippen LogP contribution >= 0.6 is 11.8 Å². The number of nitrogens with two attached hydrogens (primary N) is 2. The van der Waals surface area contributed by atoms with Crippen LogP contribution in [0, 0.1) is 10.1 Å². The van der Waals surface area contributed by atoms with Gasteiger partial charge in [0.1, 0.15) is 5.10 Å². The average Bonchev–Trinajstić information content (AvgIpc) is 2.47. The van der Waals surface area contributed by atoms with Gasteiger partial charge in [-0.2, -0.15) is 0 Å². The molecule has 0 aliphatic rings. The summed E-state index contributed by atoms with van der Waals surface area (Å²) in [5.74, 6) is 0.624. The lowest BCUT2D eigenvalue weighted by atomic mass is 10.2. The van der Waals surface area contributed by atoms with Crippen molar-refractivity contribution in [2.45, 2.75) is 19.3 Å². The van der Waals surface area contributed by atoms with Crippen molar-refractivity contribution in [2.24, 2.45) is 26.6 Å².